The molecule has 0 aromatic heterocycles. The Kier molecular flexibility index (Phi) is 156. The standard InChI is InChI=1S/Al.BH3.Mg.Pb.7H/h;1H3;;;;;;;;;. The van der Waals surface area contributed by atoms with Crippen LogP contribution in [0.1, 0.15) is 0 Å². The molecule has 2 radical (unpaired) electrons. The predicted molar refractivity (Wildman–Crippen MR) is 37.0 cm³/mol. The molecule has 0 N–H and O–H groups in total. The molecule has 0 saturated heterocycles. The van der Waals surface area contributed by atoms with Crippen LogP contribution in [0.3, 0.4) is 0 Å². The molecule has 0 rings (SSSR count). The molecule has 0 bridgehead atoms. The van der Waals surface area contributed by atoms with Gasteiger partial charge in [-0.05, 0) is 0 Å². The molecule has 0 saturated carbocycles. The first-order chi connectivity index (χ1) is 0. The van der Waals surface area contributed by atoms with Crippen LogP contribution in [0, 0.1) is 0 Å². The van der Waals surface area contributed by atoms with Crippen molar-refractivity contribution in [2.75, 3.05) is 0 Å². The van der Waals surface area contributed by atoms with Crippen LogP contribution in [0.15, 0.2) is 0 Å². The zero-order valence-electron chi connectivity index (χ0n) is 0.707. The van der Waals surface area contributed by atoms with Gasteiger partial charge >= 0.3 is 50.4 Å². The topological polar surface area (TPSA) is 0 Å². The molecule has 0 atom stereocenters. The van der Waals surface area contributed by atoms with Crippen molar-refractivity contribution in [3.05, 3.63) is 0 Å². The van der Waals surface area contributed by atoms with Crippen LogP contribution in [-0.4, -0.2) is 76.1 Å². The summed E-state index contributed by atoms with van der Waals surface area (Å²) in [6, 6.07) is 0. The second-order valence-corrected chi connectivity index (χ2v) is 0. The van der Waals surface area contributed by atoms with E-state index in [1.807, 2.05) is 0 Å². The van der Waals surface area contributed by atoms with Crippen LogP contribution in [0.5, 0.6) is 0 Å². The number of hydrogen-bond acceptors (Lipinski definition) is 0. The van der Waals surface area contributed by atoms with Crippen LogP contribution in [0.2, 0.25) is 0 Å². The first-order valence-corrected chi connectivity index (χ1v) is 0. The Hall–Kier alpha value is 2.29. The minimum atomic E-state index is 0. The van der Waals surface area contributed by atoms with Gasteiger partial charge in [-0.2, -0.15) is 0 Å². The second kappa shape index (κ2) is 18.6. The van der Waals surface area contributed by atoms with Gasteiger partial charge in [0.1, 0.15) is 0 Å². The molecule has 0 heterocycles. The fourth-order valence-corrected chi connectivity index (χ4v) is 0. The molecule has 0 aliphatic rings. The SMILES string of the molecule is B.[AlH3].[MgH2].[PbH2]. The van der Waals surface area contributed by atoms with Crippen molar-refractivity contribution in [3.8, 4) is 0 Å². The van der Waals surface area contributed by atoms with Gasteiger partial charge in [0.15, 0.2) is 17.4 Å². The van der Waals surface area contributed by atoms with Crippen LogP contribution < -0.4 is 0 Å². The van der Waals surface area contributed by atoms with Gasteiger partial charge in [0.05, 0.1) is 8.41 Å². The third-order valence-corrected chi connectivity index (χ3v) is 0. The summed E-state index contributed by atoms with van der Waals surface area (Å²) in [5.74, 6) is 0. The van der Waals surface area contributed by atoms with Gasteiger partial charge in [-0.3, -0.25) is 0 Å². The Morgan fingerprint density at radius 2 is 1.00 bits per heavy atom. The Morgan fingerprint density at radius 3 is 1.00 bits per heavy atom. The maximum atomic E-state index is 0. The molecular weight excluding hydrogens is 269 g/mol. The Labute approximate surface area is 75.1 Å². The van der Waals surface area contributed by atoms with Gasteiger partial charge in [-0.1, -0.05) is 0 Å². The molecule has 0 aliphatic heterocycles. The molecule has 4 heavy (non-hydrogen) atoms. The number of hydrogen-bond donors (Lipinski definition) is 0. The van der Waals surface area contributed by atoms with Gasteiger partial charge in [-0.25, -0.2) is 0 Å². The first kappa shape index (κ1) is 33.6. The summed E-state index contributed by atoms with van der Waals surface area (Å²) in [4.78, 5) is 0. The van der Waals surface area contributed by atoms with Crippen LogP contribution >= 0.6 is 0 Å². The zero-order chi connectivity index (χ0) is 0. The summed E-state index contributed by atoms with van der Waals surface area (Å²) >= 11 is 0. The molecule has 0 amide bonds. The van der Waals surface area contributed by atoms with E-state index in [0.29, 0.717) is 0 Å². The van der Waals surface area contributed by atoms with Crippen molar-refractivity contribution < 1.29 is 0 Å². The summed E-state index contributed by atoms with van der Waals surface area (Å²) in [5, 5.41) is 0. The van der Waals surface area contributed by atoms with E-state index in [9.17, 15) is 0 Å². The van der Waals surface area contributed by atoms with E-state index >= 15 is 0 Å². The quantitative estimate of drug-likeness (QED) is 0.395. The van der Waals surface area contributed by atoms with Crippen LogP contribution in [0.25, 0.3) is 0 Å². The summed E-state index contributed by atoms with van der Waals surface area (Å²) in [5.41, 5.74) is 0. The normalized spacial score (nSPS) is 0. The number of rotatable bonds is 0. The Bertz CT molecular complexity index is 8.00. The van der Waals surface area contributed by atoms with Crippen molar-refractivity contribution >= 4 is 76.1 Å². The average Bonchev–Trinajstić information content (AvgIpc) is 0. The van der Waals surface area contributed by atoms with Gasteiger partial charge in [0, 0.05) is 0 Å². The van der Waals surface area contributed by atoms with E-state index in [2.05, 4.69) is 0 Å². The van der Waals surface area contributed by atoms with Gasteiger partial charge in [0.2, 0.25) is 0 Å². The first-order valence-electron chi connectivity index (χ1n) is 0. The summed E-state index contributed by atoms with van der Waals surface area (Å²) in [6.45, 7) is 0. The molecule has 0 unspecified atom stereocenters. The summed E-state index contributed by atoms with van der Waals surface area (Å²) < 4.78 is 0. The Morgan fingerprint density at radius 1 is 1.00 bits per heavy atom. The third-order valence-electron chi connectivity index (χ3n) is 0. The average molecular weight is 279 g/mol. The molecule has 22 valence electrons. The van der Waals surface area contributed by atoms with Gasteiger partial charge < -0.3 is 0 Å². The molecule has 0 spiro atoms. The van der Waals surface area contributed by atoms with E-state index in [-0.39, 0.29) is 76.1 Å². The van der Waals surface area contributed by atoms with Gasteiger partial charge in [0.25, 0.3) is 0 Å². The molecule has 0 aliphatic carbocycles. The van der Waals surface area contributed by atoms with E-state index < -0.39 is 0 Å². The van der Waals surface area contributed by atoms with Crippen molar-refractivity contribution in [3.63, 3.8) is 0 Å². The monoisotopic (exact) mass is 280 g/mol. The minimum absolute atomic E-state index is 0. The molecule has 4 heteroatoms. The van der Waals surface area contributed by atoms with E-state index in [1.54, 1.807) is 0 Å². The molecule has 0 nitrogen and oxygen atoms in total. The van der Waals surface area contributed by atoms with Crippen molar-refractivity contribution in [2.45, 2.75) is 0 Å². The third kappa shape index (κ3) is 8.86. The van der Waals surface area contributed by atoms with Gasteiger partial charge in [-0.15, -0.1) is 0 Å². The van der Waals surface area contributed by atoms with E-state index in [4.69, 9.17) is 0 Å². The van der Waals surface area contributed by atoms with Crippen molar-refractivity contribution in [1.82, 2.24) is 0 Å². The van der Waals surface area contributed by atoms with Crippen LogP contribution in [-0.2, 0) is 0 Å². The van der Waals surface area contributed by atoms with Crippen molar-refractivity contribution in [2.24, 2.45) is 0 Å². The fourth-order valence-electron chi connectivity index (χ4n) is 0. The van der Waals surface area contributed by atoms with E-state index in [1.165, 1.54) is 0 Å². The fraction of sp³-hybridized carbons (Fsp3) is 0. The van der Waals surface area contributed by atoms with E-state index in [0.717, 1.165) is 0 Å². The zero-order valence-corrected chi connectivity index (χ0v) is 6.20. The maximum absolute atomic E-state index is 0. The summed E-state index contributed by atoms with van der Waals surface area (Å²) in [6.07, 6.45) is 0. The molecule has 0 aromatic carbocycles. The van der Waals surface area contributed by atoms with Crippen molar-refractivity contribution in [1.29, 1.82) is 0 Å². The molecule has 0 aromatic rings. The predicted octanol–water partition coefficient (Wildman–Crippen LogP) is -4.20. The molecular formula is H10AlBMgPb. The van der Waals surface area contributed by atoms with Crippen LogP contribution in [0.4, 0.5) is 0 Å². The molecule has 0 fully saturated rings. The second-order valence-electron chi connectivity index (χ2n) is 0. The Balaban J connectivity index is 0. The summed E-state index contributed by atoms with van der Waals surface area (Å²) in [7, 11) is 0.